The van der Waals surface area contributed by atoms with Crippen LogP contribution in [0.5, 0.6) is 11.5 Å². The van der Waals surface area contributed by atoms with Crippen LogP contribution in [0.3, 0.4) is 0 Å². The van der Waals surface area contributed by atoms with E-state index < -0.39 is 11.9 Å². The van der Waals surface area contributed by atoms with Crippen molar-refractivity contribution in [3.63, 3.8) is 0 Å². The van der Waals surface area contributed by atoms with Gasteiger partial charge in [0, 0.05) is 11.1 Å². The number of carbonyl (C=O) groups excluding carboxylic acids is 2. The molecule has 0 unspecified atom stereocenters. The van der Waals surface area contributed by atoms with Crippen LogP contribution in [0.4, 0.5) is 0 Å². The van der Waals surface area contributed by atoms with Crippen LogP contribution in [0.25, 0.3) is 6.08 Å². The Morgan fingerprint density at radius 2 is 1.82 bits per heavy atom. The summed E-state index contributed by atoms with van der Waals surface area (Å²) in [5, 5.41) is 12.4. The first-order valence-electron chi connectivity index (χ1n) is 8.42. The lowest BCUT2D eigenvalue weighted by molar-refractivity contribution is -0.117. The van der Waals surface area contributed by atoms with Gasteiger partial charge in [0.1, 0.15) is 11.6 Å². The molecule has 2 aromatic rings. The first-order valence-corrected chi connectivity index (χ1v) is 8.80. The number of benzene rings is 2. The summed E-state index contributed by atoms with van der Waals surface area (Å²) < 4.78 is 10.6. The lowest BCUT2D eigenvalue weighted by Gasteiger charge is -2.11. The fourth-order valence-electron chi connectivity index (χ4n) is 2.26. The van der Waals surface area contributed by atoms with Gasteiger partial charge < -0.3 is 14.8 Å². The SMILES string of the molecule is COc1cc(/C=C(\C#N)C(=O)NC(C)C)ccc1OC(=O)c1ccc(Cl)cc1. The van der Waals surface area contributed by atoms with Crippen LogP contribution in [0.15, 0.2) is 48.0 Å². The van der Waals surface area contributed by atoms with Crippen LogP contribution in [0, 0.1) is 11.3 Å². The quantitative estimate of drug-likeness (QED) is 0.344. The molecule has 0 fully saturated rings. The highest BCUT2D eigenvalue weighted by molar-refractivity contribution is 6.30. The molecule has 0 spiro atoms. The highest BCUT2D eigenvalue weighted by Crippen LogP contribution is 2.30. The predicted molar refractivity (Wildman–Crippen MR) is 106 cm³/mol. The van der Waals surface area contributed by atoms with E-state index in [-0.39, 0.29) is 23.1 Å². The minimum absolute atomic E-state index is 0.0401. The summed E-state index contributed by atoms with van der Waals surface area (Å²) in [6.45, 7) is 3.61. The molecule has 0 bridgehead atoms. The molecule has 0 saturated carbocycles. The summed E-state index contributed by atoms with van der Waals surface area (Å²) in [4.78, 5) is 24.3. The van der Waals surface area contributed by atoms with Crippen LogP contribution in [-0.2, 0) is 4.79 Å². The van der Waals surface area contributed by atoms with Crippen molar-refractivity contribution in [1.82, 2.24) is 5.32 Å². The third kappa shape index (κ3) is 5.60. The van der Waals surface area contributed by atoms with Gasteiger partial charge in [0.15, 0.2) is 11.5 Å². The molecule has 28 heavy (non-hydrogen) atoms. The Balaban J connectivity index is 2.25. The van der Waals surface area contributed by atoms with Gasteiger partial charge in [-0.3, -0.25) is 4.79 Å². The van der Waals surface area contributed by atoms with Crippen LogP contribution in [-0.4, -0.2) is 25.0 Å². The standard InChI is InChI=1S/C21H19ClN2O4/c1-13(2)24-20(25)16(12-23)10-14-4-9-18(19(11-14)27-3)28-21(26)15-5-7-17(22)8-6-15/h4-11,13H,1-3H3,(H,24,25)/b16-10+. The predicted octanol–water partition coefficient (Wildman–Crippen LogP) is 4.00. The van der Waals surface area contributed by atoms with Crippen molar-refractivity contribution in [2.75, 3.05) is 7.11 Å². The molecule has 6 nitrogen and oxygen atoms in total. The summed E-state index contributed by atoms with van der Waals surface area (Å²) in [6, 6.07) is 12.8. The van der Waals surface area contributed by atoms with Gasteiger partial charge in [-0.05, 0) is 61.9 Å². The first-order chi connectivity index (χ1) is 13.3. The molecule has 7 heteroatoms. The van der Waals surface area contributed by atoms with Crippen LogP contribution in [0.2, 0.25) is 5.02 Å². The topological polar surface area (TPSA) is 88.4 Å². The van der Waals surface area contributed by atoms with E-state index in [9.17, 15) is 14.9 Å². The number of esters is 1. The van der Waals surface area contributed by atoms with Crippen molar-refractivity contribution in [3.8, 4) is 17.6 Å². The van der Waals surface area contributed by atoms with E-state index in [0.717, 1.165) is 0 Å². The van der Waals surface area contributed by atoms with Gasteiger partial charge in [0.05, 0.1) is 12.7 Å². The molecule has 0 aliphatic carbocycles. The number of methoxy groups -OCH3 is 1. The van der Waals surface area contributed by atoms with Gasteiger partial charge in [-0.2, -0.15) is 5.26 Å². The van der Waals surface area contributed by atoms with Crippen molar-refractivity contribution in [2.45, 2.75) is 19.9 Å². The Kier molecular flexibility index (Phi) is 7.19. The number of nitriles is 1. The van der Waals surface area contributed by atoms with Gasteiger partial charge in [-0.15, -0.1) is 0 Å². The molecule has 1 amide bonds. The number of amides is 1. The van der Waals surface area contributed by atoms with Gasteiger partial charge in [-0.25, -0.2) is 4.79 Å². The second kappa shape index (κ2) is 9.58. The van der Waals surface area contributed by atoms with E-state index in [2.05, 4.69) is 5.32 Å². The summed E-state index contributed by atoms with van der Waals surface area (Å²) in [5.74, 6) is -0.524. The van der Waals surface area contributed by atoms with Gasteiger partial charge in [0.25, 0.3) is 5.91 Å². The molecule has 0 radical (unpaired) electrons. The number of carbonyl (C=O) groups is 2. The van der Waals surface area contributed by atoms with Crippen molar-refractivity contribution in [3.05, 3.63) is 64.2 Å². The van der Waals surface area contributed by atoms with E-state index in [4.69, 9.17) is 21.1 Å². The molecule has 0 saturated heterocycles. The zero-order chi connectivity index (χ0) is 20.7. The Hall–Kier alpha value is -3.30. The summed E-state index contributed by atoms with van der Waals surface area (Å²) in [5.41, 5.74) is 0.854. The normalized spacial score (nSPS) is 10.9. The number of hydrogen-bond donors (Lipinski definition) is 1. The average Bonchev–Trinajstić information content (AvgIpc) is 2.66. The van der Waals surface area contributed by atoms with E-state index in [1.807, 2.05) is 6.07 Å². The molecule has 2 aromatic carbocycles. The minimum atomic E-state index is -0.563. The average molecular weight is 399 g/mol. The molecule has 144 valence electrons. The van der Waals surface area contributed by atoms with Crippen LogP contribution >= 0.6 is 11.6 Å². The Bertz CT molecular complexity index is 944. The number of nitrogens with zero attached hydrogens (tertiary/aromatic N) is 1. The Morgan fingerprint density at radius 3 is 2.39 bits per heavy atom. The molecule has 0 heterocycles. The molecule has 2 rings (SSSR count). The highest BCUT2D eigenvalue weighted by Gasteiger charge is 2.14. The number of ether oxygens (including phenoxy) is 2. The van der Waals surface area contributed by atoms with Crippen molar-refractivity contribution in [1.29, 1.82) is 5.26 Å². The van der Waals surface area contributed by atoms with E-state index in [1.54, 1.807) is 50.2 Å². The number of halogens is 1. The number of rotatable bonds is 6. The zero-order valence-corrected chi connectivity index (χ0v) is 16.4. The van der Waals surface area contributed by atoms with Gasteiger partial charge >= 0.3 is 5.97 Å². The van der Waals surface area contributed by atoms with Gasteiger partial charge in [0.2, 0.25) is 0 Å². The molecule has 0 aromatic heterocycles. The highest BCUT2D eigenvalue weighted by atomic mass is 35.5. The largest absolute Gasteiger partial charge is 0.493 e. The first kappa shape index (κ1) is 21.0. The van der Waals surface area contributed by atoms with Crippen molar-refractivity contribution < 1.29 is 19.1 Å². The summed E-state index contributed by atoms with van der Waals surface area (Å²) in [7, 11) is 1.43. The fourth-order valence-corrected chi connectivity index (χ4v) is 2.38. The molecule has 0 atom stereocenters. The maximum Gasteiger partial charge on any atom is 0.343 e. The minimum Gasteiger partial charge on any atom is -0.493 e. The molecule has 0 aliphatic rings. The second-order valence-corrected chi connectivity index (χ2v) is 6.54. The Morgan fingerprint density at radius 1 is 1.14 bits per heavy atom. The number of hydrogen-bond acceptors (Lipinski definition) is 5. The third-order valence-electron chi connectivity index (χ3n) is 3.57. The summed E-state index contributed by atoms with van der Waals surface area (Å²) >= 11 is 5.82. The molecule has 0 aliphatic heterocycles. The second-order valence-electron chi connectivity index (χ2n) is 6.10. The Labute approximate surface area is 168 Å². The van der Waals surface area contributed by atoms with E-state index in [0.29, 0.717) is 16.1 Å². The van der Waals surface area contributed by atoms with Crippen molar-refractivity contribution in [2.24, 2.45) is 0 Å². The van der Waals surface area contributed by atoms with Gasteiger partial charge in [-0.1, -0.05) is 17.7 Å². The lowest BCUT2D eigenvalue weighted by Crippen LogP contribution is -2.30. The zero-order valence-electron chi connectivity index (χ0n) is 15.7. The monoisotopic (exact) mass is 398 g/mol. The smallest absolute Gasteiger partial charge is 0.343 e. The lowest BCUT2D eigenvalue weighted by atomic mass is 10.1. The molecular weight excluding hydrogens is 380 g/mol. The fraction of sp³-hybridized carbons (Fsp3) is 0.190. The third-order valence-corrected chi connectivity index (χ3v) is 3.82. The van der Waals surface area contributed by atoms with E-state index >= 15 is 0 Å². The molecule has 1 N–H and O–H groups in total. The maximum absolute atomic E-state index is 12.3. The van der Waals surface area contributed by atoms with Crippen molar-refractivity contribution >= 4 is 29.6 Å². The molecular formula is C21H19ClN2O4. The number of nitrogens with one attached hydrogen (secondary N) is 1. The van der Waals surface area contributed by atoms with E-state index in [1.165, 1.54) is 19.3 Å². The summed E-state index contributed by atoms with van der Waals surface area (Å²) in [6.07, 6.45) is 1.44. The van der Waals surface area contributed by atoms with Crippen LogP contribution < -0.4 is 14.8 Å². The van der Waals surface area contributed by atoms with Crippen LogP contribution in [0.1, 0.15) is 29.8 Å². The maximum atomic E-state index is 12.3.